The van der Waals surface area contributed by atoms with Gasteiger partial charge in [0.25, 0.3) is 0 Å². The third kappa shape index (κ3) is 5.18. The summed E-state index contributed by atoms with van der Waals surface area (Å²) < 4.78 is 14.0. The highest BCUT2D eigenvalue weighted by atomic mass is 32.2. The van der Waals surface area contributed by atoms with Crippen LogP contribution in [0.1, 0.15) is 37.7 Å². The largest absolute Gasteiger partial charge is 0.459 e. The van der Waals surface area contributed by atoms with E-state index in [1.165, 1.54) is 0 Å². The van der Waals surface area contributed by atoms with E-state index in [1.54, 1.807) is 10.9 Å². The van der Waals surface area contributed by atoms with Gasteiger partial charge in [0.2, 0.25) is 0 Å². The zero-order valence-electron chi connectivity index (χ0n) is 20.3. The van der Waals surface area contributed by atoms with Crippen molar-refractivity contribution < 1.29 is 18.4 Å². The third-order valence-corrected chi connectivity index (χ3v) is 13.8. The maximum absolute atomic E-state index is 13.0. The first-order valence-corrected chi connectivity index (χ1v) is 16.0. The van der Waals surface area contributed by atoms with Crippen LogP contribution >= 0.6 is 10.9 Å². The van der Waals surface area contributed by atoms with E-state index >= 15 is 0 Å². The second kappa shape index (κ2) is 8.89. The molecule has 0 aliphatic carbocycles. The van der Waals surface area contributed by atoms with E-state index in [1.807, 2.05) is 31.4 Å². The van der Waals surface area contributed by atoms with Crippen molar-refractivity contribution in [2.24, 2.45) is 13.0 Å². The van der Waals surface area contributed by atoms with Gasteiger partial charge in [-0.05, 0) is 53.9 Å². The number of benzene rings is 1. The summed E-state index contributed by atoms with van der Waals surface area (Å²) in [5.41, 5.74) is 2.84. The van der Waals surface area contributed by atoms with E-state index in [-0.39, 0.29) is 15.9 Å². The van der Waals surface area contributed by atoms with Crippen LogP contribution in [0.4, 0.5) is 0 Å². The molecule has 8 heteroatoms. The Morgan fingerprint density at radius 1 is 1.21 bits per heavy atom. The molecule has 1 saturated heterocycles. The number of carbonyl (C=O) groups is 2. The number of fused-ring (bicyclic) bond motifs is 1. The van der Waals surface area contributed by atoms with Crippen LogP contribution in [0.3, 0.4) is 0 Å². The molecule has 1 aliphatic heterocycles. The zero-order valence-corrected chi connectivity index (χ0v) is 22.2. The van der Waals surface area contributed by atoms with E-state index in [9.17, 15) is 9.59 Å². The number of hydrogen-bond acceptors (Lipinski definition) is 5. The highest BCUT2D eigenvalue weighted by Gasteiger charge is 2.39. The molecule has 4 rings (SSSR count). The van der Waals surface area contributed by atoms with Gasteiger partial charge in [0.15, 0.2) is 19.2 Å². The van der Waals surface area contributed by atoms with Crippen LogP contribution in [0.15, 0.2) is 41.1 Å². The van der Waals surface area contributed by atoms with Crippen LogP contribution in [0, 0.1) is 5.92 Å². The molecule has 2 unspecified atom stereocenters. The zero-order chi connectivity index (χ0) is 24.0. The first-order valence-electron chi connectivity index (χ1n) is 11.4. The highest BCUT2D eigenvalue weighted by molar-refractivity contribution is 8.30. The van der Waals surface area contributed by atoms with Crippen molar-refractivity contribution in [2.75, 3.05) is 5.75 Å². The van der Waals surface area contributed by atoms with Gasteiger partial charge < -0.3 is 8.84 Å². The van der Waals surface area contributed by atoms with E-state index < -0.39 is 25.1 Å². The Kier molecular flexibility index (Phi) is 6.46. The van der Waals surface area contributed by atoms with Crippen molar-refractivity contribution in [3.63, 3.8) is 0 Å². The quantitative estimate of drug-likeness (QED) is 0.284. The molecule has 6 nitrogen and oxygen atoms in total. The normalized spacial score (nSPS) is 20.8. The van der Waals surface area contributed by atoms with Gasteiger partial charge in [-0.2, -0.15) is 16.0 Å². The Morgan fingerprint density at radius 2 is 1.97 bits per heavy atom. The third-order valence-electron chi connectivity index (χ3n) is 6.93. The minimum atomic E-state index is -1.85. The fraction of sp³-hybridized carbons (Fsp3) is 0.480. The Morgan fingerprint density at radius 3 is 2.64 bits per heavy atom. The van der Waals surface area contributed by atoms with Crippen LogP contribution in [0.5, 0.6) is 0 Å². The summed E-state index contributed by atoms with van der Waals surface area (Å²) in [6.07, 6.45) is 4.07. The van der Waals surface area contributed by atoms with Gasteiger partial charge in [0.05, 0.1) is 18.7 Å². The number of aryl methyl sites for hydroxylation is 1. The summed E-state index contributed by atoms with van der Waals surface area (Å²) in [4.78, 5) is 25.6. The maximum atomic E-state index is 13.0. The number of ketones is 1. The summed E-state index contributed by atoms with van der Waals surface area (Å²) >= 11 is 0. The van der Waals surface area contributed by atoms with Gasteiger partial charge in [-0.15, -0.1) is 0 Å². The lowest BCUT2D eigenvalue weighted by molar-refractivity contribution is -0.125. The lowest BCUT2D eigenvalue weighted by Crippen LogP contribution is -2.40. The molecule has 1 fully saturated rings. The van der Waals surface area contributed by atoms with Gasteiger partial charge in [0.1, 0.15) is 11.3 Å². The number of hydrogen-bond donors (Lipinski definition) is 1. The second-order valence-electron chi connectivity index (χ2n) is 10.6. The molecule has 33 heavy (non-hydrogen) atoms. The van der Waals surface area contributed by atoms with Crippen molar-refractivity contribution >= 4 is 41.1 Å². The van der Waals surface area contributed by atoms with E-state index in [2.05, 4.69) is 45.0 Å². The summed E-state index contributed by atoms with van der Waals surface area (Å²) in [5.74, 6) is 1.40. The van der Waals surface area contributed by atoms with E-state index in [0.29, 0.717) is 24.5 Å². The summed E-state index contributed by atoms with van der Waals surface area (Å²) in [6.45, 7) is 11.6. The fourth-order valence-corrected chi connectivity index (χ4v) is 7.16. The predicted octanol–water partition coefficient (Wildman–Crippen LogP) is 5.16. The maximum Gasteiger partial charge on any atom is 0.192 e. The average molecular weight is 487 g/mol. The molecule has 3 heterocycles. The molecule has 1 aromatic carbocycles. The van der Waals surface area contributed by atoms with Crippen LogP contribution in [-0.2, 0) is 39.8 Å². The van der Waals surface area contributed by atoms with Crippen LogP contribution in [-0.4, -0.2) is 34.7 Å². The average Bonchev–Trinajstić information content (AvgIpc) is 3.39. The monoisotopic (exact) mass is 486 g/mol. The van der Waals surface area contributed by atoms with Gasteiger partial charge in [-0.25, -0.2) is 0 Å². The van der Waals surface area contributed by atoms with Crippen LogP contribution < -0.4 is 0 Å². The van der Waals surface area contributed by atoms with Gasteiger partial charge in [-0.3, -0.25) is 14.3 Å². The lowest BCUT2D eigenvalue weighted by atomic mass is 10.00. The fourth-order valence-electron chi connectivity index (χ4n) is 3.89. The SMILES string of the molecule is Cn1cc(CC2C(=O)C[SH](Cc3ccc4oc(CO[Si](C)(C)C(C)(C)C)cc4c3)C2=O)cn1. The number of aromatic nitrogens is 2. The van der Waals surface area contributed by atoms with Gasteiger partial charge >= 0.3 is 0 Å². The number of rotatable bonds is 7. The van der Waals surface area contributed by atoms with Crippen LogP contribution in [0.25, 0.3) is 11.0 Å². The molecule has 0 spiro atoms. The van der Waals surface area contributed by atoms with Gasteiger partial charge in [-0.1, -0.05) is 26.8 Å². The number of carbonyl (C=O) groups excluding carboxylic acids is 2. The Labute approximate surface area is 199 Å². The second-order valence-corrected chi connectivity index (χ2v) is 17.5. The topological polar surface area (TPSA) is 74.3 Å². The molecule has 2 atom stereocenters. The minimum absolute atomic E-state index is 0.0735. The molecule has 1 aliphatic rings. The first kappa shape index (κ1) is 24.0. The number of Topliss-reactive ketones (excluding diaryl/α,β-unsaturated/α-hetero) is 1. The van der Waals surface area contributed by atoms with Crippen molar-refractivity contribution in [1.82, 2.24) is 9.78 Å². The highest BCUT2D eigenvalue weighted by Crippen LogP contribution is 2.42. The number of furan rings is 1. The molecule has 3 aromatic rings. The first-order chi connectivity index (χ1) is 15.4. The predicted molar refractivity (Wildman–Crippen MR) is 136 cm³/mol. The van der Waals surface area contributed by atoms with Crippen molar-refractivity contribution in [1.29, 1.82) is 0 Å². The molecule has 0 bridgehead atoms. The van der Waals surface area contributed by atoms with Crippen LogP contribution in [0.2, 0.25) is 18.1 Å². The summed E-state index contributed by atoms with van der Waals surface area (Å²) in [7, 11) is -1.01. The van der Waals surface area contributed by atoms with E-state index in [4.69, 9.17) is 8.84 Å². The van der Waals surface area contributed by atoms with Crippen molar-refractivity contribution in [3.05, 3.63) is 53.5 Å². The number of thiol groups is 1. The molecule has 0 amide bonds. The molecular formula is C25H34N2O4SSi. The molecular weight excluding hydrogens is 452 g/mol. The van der Waals surface area contributed by atoms with Gasteiger partial charge in [0, 0.05) is 30.1 Å². The Bertz CT molecular complexity index is 1190. The summed E-state index contributed by atoms with van der Waals surface area (Å²) in [5, 5.41) is 5.43. The molecule has 178 valence electrons. The molecule has 0 radical (unpaired) electrons. The minimum Gasteiger partial charge on any atom is -0.459 e. The lowest BCUT2D eigenvalue weighted by Gasteiger charge is -2.35. The van der Waals surface area contributed by atoms with E-state index in [0.717, 1.165) is 27.9 Å². The molecule has 2 aromatic heterocycles. The van der Waals surface area contributed by atoms with Crippen molar-refractivity contribution in [2.45, 2.75) is 57.7 Å². The Hall–Kier alpha value is -2.16. The smallest absolute Gasteiger partial charge is 0.192 e. The Balaban J connectivity index is 1.43. The number of nitrogens with zero attached hydrogens (tertiary/aromatic N) is 2. The summed E-state index contributed by atoms with van der Waals surface area (Å²) in [6, 6.07) is 8.10. The molecule has 0 N–H and O–H groups in total. The molecule has 0 saturated carbocycles. The van der Waals surface area contributed by atoms with Crippen molar-refractivity contribution in [3.8, 4) is 0 Å². The standard InChI is InChI=1S/C25H34N2O4SSi/c1-25(2,3)33(5,6)30-14-20-11-19-9-17(7-8-23(19)31-20)15-32-16-22(28)21(24(32)29)10-18-12-26-27(4)13-18/h7-9,11-13,21,32H,10,14-16H2,1-6H3.